The molecule has 0 radical (unpaired) electrons. The van der Waals surface area contributed by atoms with Crippen molar-refractivity contribution in [2.24, 2.45) is 5.73 Å². The molecule has 0 saturated carbocycles. The van der Waals surface area contributed by atoms with E-state index in [-0.39, 0.29) is 11.8 Å². The number of nitrogens with one attached hydrogen (secondary N) is 2. The topological polar surface area (TPSA) is 115 Å². The van der Waals surface area contributed by atoms with Crippen LogP contribution in [0.1, 0.15) is 27.4 Å². The maximum Gasteiger partial charge on any atom is 0.258 e. The highest BCUT2D eigenvalue weighted by atomic mass is 16.5. The van der Waals surface area contributed by atoms with Crippen molar-refractivity contribution in [2.45, 2.75) is 12.8 Å². The number of nitrogens with zero attached hydrogens (tertiary/aromatic N) is 3. The van der Waals surface area contributed by atoms with Crippen molar-refractivity contribution in [3.63, 3.8) is 0 Å². The molecule has 3 rings (SSSR count). The van der Waals surface area contributed by atoms with Crippen molar-refractivity contribution in [3.05, 3.63) is 65.7 Å². The Bertz CT molecular complexity index is 1010. The van der Waals surface area contributed by atoms with Gasteiger partial charge >= 0.3 is 0 Å². The number of aromatic nitrogens is 3. The van der Waals surface area contributed by atoms with Crippen LogP contribution in [-0.4, -0.2) is 48.1 Å². The maximum atomic E-state index is 12.4. The SMILES string of the molecule is CNCC(CN)c1ccc(OC)c(-c2cnc(NC(=O)c3cnccc3C)cn2)c1. The molecule has 0 saturated heterocycles. The molecule has 1 aromatic carbocycles. The van der Waals surface area contributed by atoms with E-state index in [2.05, 4.69) is 25.6 Å². The molecule has 0 bridgehead atoms. The predicted molar refractivity (Wildman–Crippen MR) is 117 cm³/mol. The summed E-state index contributed by atoms with van der Waals surface area (Å²) in [5.41, 5.74) is 9.82. The minimum Gasteiger partial charge on any atom is -0.496 e. The Balaban J connectivity index is 1.85. The summed E-state index contributed by atoms with van der Waals surface area (Å²) in [6, 6.07) is 7.72. The number of nitrogens with two attached hydrogens (primary N) is 1. The predicted octanol–water partition coefficient (Wildman–Crippen LogP) is 2.37. The lowest BCUT2D eigenvalue weighted by atomic mass is 9.96. The van der Waals surface area contributed by atoms with Gasteiger partial charge in [0.15, 0.2) is 5.82 Å². The fraction of sp³-hybridized carbons (Fsp3) is 0.273. The molecule has 8 nitrogen and oxygen atoms in total. The number of pyridine rings is 1. The van der Waals surface area contributed by atoms with Gasteiger partial charge in [-0.1, -0.05) is 6.07 Å². The van der Waals surface area contributed by atoms with Crippen LogP contribution < -0.4 is 21.1 Å². The third-order valence-electron chi connectivity index (χ3n) is 4.88. The molecule has 0 aliphatic rings. The maximum absolute atomic E-state index is 12.4. The summed E-state index contributed by atoms with van der Waals surface area (Å²) >= 11 is 0. The summed E-state index contributed by atoms with van der Waals surface area (Å²) < 4.78 is 5.50. The van der Waals surface area contributed by atoms with Gasteiger partial charge in [-0.15, -0.1) is 0 Å². The molecular weight excluding hydrogens is 380 g/mol. The van der Waals surface area contributed by atoms with Gasteiger partial charge in [0.2, 0.25) is 0 Å². The van der Waals surface area contributed by atoms with Gasteiger partial charge in [-0.25, -0.2) is 4.98 Å². The van der Waals surface area contributed by atoms with E-state index in [1.165, 1.54) is 12.4 Å². The number of rotatable bonds is 8. The fourth-order valence-corrected chi connectivity index (χ4v) is 3.18. The van der Waals surface area contributed by atoms with Crippen molar-refractivity contribution in [2.75, 3.05) is 32.6 Å². The van der Waals surface area contributed by atoms with E-state index in [4.69, 9.17) is 10.5 Å². The van der Waals surface area contributed by atoms with E-state index in [1.807, 2.05) is 32.2 Å². The molecule has 0 aliphatic carbocycles. The molecule has 1 atom stereocenters. The number of carbonyl (C=O) groups excluding carboxylic acids is 1. The lowest BCUT2D eigenvalue weighted by Gasteiger charge is -2.17. The molecule has 1 amide bonds. The Kier molecular flexibility index (Phi) is 7.05. The van der Waals surface area contributed by atoms with Gasteiger partial charge in [0.1, 0.15) is 5.75 Å². The molecule has 4 N–H and O–H groups in total. The molecule has 156 valence electrons. The Hall–Kier alpha value is -3.36. The number of hydrogen-bond donors (Lipinski definition) is 3. The van der Waals surface area contributed by atoms with Crippen molar-refractivity contribution in [1.82, 2.24) is 20.3 Å². The zero-order valence-corrected chi connectivity index (χ0v) is 17.3. The molecule has 0 spiro atoms. The second-order valence-corrected chi connectivity index (χ2v) is 6.88. The molecular formula is C22H26N6O2. The van der Waals surface area contributed by atoms with Crippen molar-refractivity contribution in [3.8, 4) is 17.0 Å². The average Bonchev–Trinajstić information content (AvgIpc) is 2.78. The number of ether oxygens (including phenoxy) is 1. The number of hydrogen-bond acceptors (Lipinski definition) is 7. The first-order valence-corrected chi connectivity index (χ1v) is 9.64. The number of anilines is 1. The van der Waals surface area contributed by atoms with Crippen LogP contribution in [0.2, 0.25) is 0 Å². The number of methoxy groups -OCH3 is 1. The van der Waals surface area contributed by atoms with Gasteiger partial charge in [0.25, 0.3) is 5.91 Å². The van der Waals surface area contributed by atoms with Crippen molar-refractivity contribution in [1.29, 1.82) is 0 Å². The summed E-state index contributed by atoms with van der Waals surface area (Å²) in [5, 5.41) is 5.92. The molecule has 0 fully saturated rings. The number of likely N-dealkylation sites (N-methyl/N-ethyl adjacent to an activating group) is 1. The van der Waals surface area contributed by atoms with Gasteiger partial charge in [0.05, 0.1) is 30.8 Å². The van der Waals surface area contributed by atoms with E-state index >= 15 is 0 Å². The highest BCUT2D eigenvalue weighted by Crippen LogP contribution is 2.31. The Morgan fingerprint density at radius 2 is 2.03 bits per heavy atom. The standard InChI is InChI=1S/C22H26N6O2/c1-14-6-7-25-11-18(14)22(29)28-21-13-26-19(12-27-21)17-8-15(4-5-20(17)30-3)16(9-23)10-24-2/h4-8,11-13,16,24H,9-10,23H2,1-3H3,(H,27,28,29). The first-order valence-electron chi connectivity index (χ1n) is 9.64. The number of aryl methyl sites for hydroxylation is 1. The fourth-order valence-electron chi connectivity index (χ4n) is 3.18. The number of amides is 1. The quantitative estimate of drug-likeness (QED) is 0.526. The lowest BCUT2D eigenvalue weighted by molar-refractivity contribution is 0.102. The van der Waals surface area contributed by atoms with Crippen LogP contribution in [0.3, 0.4) is 0 Å². The second-order valence-electron chi connectivity index (χ2n) is 6.88. The third-order valence-corrected chi connectivity index (χ3v) is 4.88. The van der Waals surface area contributed by atoms with Crippen LogP contribution >= 0.6 is 0 Å². The third kappa shape index (κ3) is 4.79. The van der Waals surface area contributed by atoms with E-state index in [0.717, 1.165) is 23.2 Å². The zero-order valence-electron chi connectivity index (χ0n) is 17.3. The number of benzene rings is 1. The molecule has 0 aliphatic heterocycles. The molecule has 8 heteroatoms. The highest BCUT2D eigenvalue weighted by molar-refractivity contribution is 6.04. The summed E-state index contributed by atoms with van der Waals surface area (Å²) in [7, 11) is 3.52. The van der Waals surface area contributed by atoms with Crippen molar-refractivity contribution >= 4 is 11.7 Å². The molecule has 2 heterocycles. The van der Waals surface area contributed by atoms with Crippen LogP contribution in [-0.2, 0) is 0 Å². The number of carbonyl (C=O) groups is 1. The summed E-state index contributed by atoms with van der Waals surface area (Å²) in [5.74, 6) is 0.946. The van der Waals surface area contributed by atoms with E-state index in [0.29, 0.717) is 29.4 Å². The minimum atomic E-state index is -0.278. The van der Waals surface area contributed by atoms with E-state index < -0.39 is 0 Å². The van der Waals surface area contributed by atoms with E-state index in [1.54, 1.807) is 25.6 Å². The Labute approximate surface area is 175 Å². The minimum absolute atomic E-state index is 0.175. The van der Waals surface area contributed by atoms with Crippen LogP contribution in [0, 0.1) is 6.92 Å². The van der Waals surface area contributed by atoms with Gasteiger partial charge in [-0.05, 0) is 43.3 Å². The normalized spacial score (nSPS) is 11.7. The van der Waals surface area contributed by atoms with Crippen molar-refractivity contribution < 1.29 is 9.53 Å². The summed E-state index contributed by atoms with van der Waals surface area (Å²) in [4.78, 5) is 25.3. The molecule has 30 heavy (non-hydrogen) atoms. The Morgan fingerprint density at radius 3 is 2.67 bits per heavy atom. The largest absolute Gasteiger partial charge is 0.496 e. The highest BCUT2D eigenvalue weighted by Gasteiger charge is 2.15. The van der Waals surface area contributed by atoms with Gasteiger partial charge in [0, 0.05) is 37.0 Å². The smallest absolute Gasteiger partial charge is 0.258 e. The Morgan fingerprint density at radius 1 is 1.20 bits per heavy atom. The van der Waals surface area contributed by atoms with Crippen LogP contribution in [0.5, 0.6) is 5.75 Å². The van der Waals surface area contributed by atoms with Crippen LogP contribution in [0.25, 0.3) is 11.3 Å². The average molecular weight is 406 g/mol. The molecule has 2 aromatic heterocycles. The second kappa shape index (κ2) is 9.91. The van der Waals surface area contributed by atoms with Gasteiger partial charge < -0.3 is 21.1 Å². The summed E-state index contributed by atoms with van der Waals surface area (Å²) in [6.07, 6.45) is 6.32. The van der Waals surface area contributed by atoms with Crippen LogP contribution in [0.4, 0.5) is 5.82 Å². The van der Waals surface area contributed by atoms with Gasteiger partial charge in [-0.3, -0.25) is 14.8 Å². The first kappa shape index (κ1) is 21.4. The first-order chi connectivity index (χ1) is 14.6. The monoisotopic (exact) mass is 406 g/mol. The lowest BCUT2D eigenvalue weighted by Crippen LogP contribution is -2.24. The zero-order chi connectivity index (χ0) is 21.5. The van der Waals surface area contributed by atoms with E-state index in [9.17, 15) is 4.79 Å². The van der Waals surface area contributed by atoms with Gasteiger partial charge in [-0.2, -0.15) is 0 Å². The summed E-state index contributed by atoms with van der Waals surface area (Å²) in [6.45, 7) is 3.15. The molecule has 3 aromatic rings. The molecule has 1 unspecified atom stereocenters. The van der Waals surface area contributed by atoms with Crippen LogP contribution in [0.15, 0.2) is 49.1 Å².